The van der Waals surface area contributed by atoms with Crippen molar-refractivity contribution in [3.63, 3.8) is 0 Å². The molecule has 0 amide bonds. The molecule has 0 saturated carbocycles. The van der Waals surface area contributed by atoms with Gasteiger partial charge in [0.25, 0.3) is 10.0 Å². The highest BCUT2D eigenvalue weighted by atomic mass is 79.9. The van der Waals surface area contributed by atoms with Crippen molar-refractivity contribution in [2.24, 2.45) is 0 Å². The molecular weight excluding hydrogens is 414 g/mol. The zero-order valence-corrected chi connectivity index (χ0v) is 16.9. The lowest BCUT2D eigenvalue weighted by atomic mass is 10.1. The lowest BCUT2D eigenvalue weighted by Crippen LogP contribution is -2.26. The number of thiophene rings is 1. The molecule has 0 aliphatic carbocycles. The first-order valence-corrected chi connectivity index (χ1v) is 10.6. The van der Waals surface area contributed by atoms with Gasteiger partial charge in [-0.1, -0.05) is 6.07 Å². The van der Waals surface area contributed by atoms with Crippen LogP contribution in [0.2, 0.25) is 0 Å². The van der Waals surface area contributed by atoms with E-state index in [1.54, 1.807) is 25.1 Å². The summed E-state index contributed by atoms with van der Waals surface area (Å²) < 4.78 is 39.7. The Balaban J connectivity index is 2.22. The molecule has 0 aliphatic rings. The SMILES string of the molecule is CCOc1ccc([C@@H](C)NS(=O)(=O)c2ccc(Br)s2)cc1OCC. The topological polar surface area (TPSA) is 64.6 Å². The van der Waals surface area contributed by atoms with Crippen LogP contribution in [0.25, 0.3) is 0 Å². The van der Waals surface area contributed by atoms with E-state index in [0.717, 1.165) is 9.35 Å². The summed E-state index contributed by atoms with van der Waals surface area (Å²) in [6.07, 6.45) is 0. The number of rotatable bonds is 8. The number of benzene rings is 1. The molecule has 2 aromatic rings. The maximum Gasteiger partial charge on any atom is 0.250 e. The summed E-state index contributed by atoms with van der Waals surface area (Å²) in [5, 5.41) is 0. The Bertz CT molecular complexity index is 789. The summed E-state index contributed by atoms with van der Waals surface area (Å²) in [7, 11) is -3.57. The van der Waals surface area contributed by atoms with E-state index in [4.69, 9.17) is 9.47 Å². The Morgan fingerprint density at radius 2 is 1.79 bits per heavy atom. The van der Waals surface area contributed by atoms with Crippen molar-refractivity contribution in [3.05, 3.63) is 39.7 Å². The highest BCUT2D eigenvalue weighted by Gasteiger charge is 2.21. The molecule has 1 heterocycles. The summed E-state index contributed by atoms with van der Waals surface area (Å²) in [6.45, 7) is 6.63. The summed E-state index contributed by atoms with van der Waals surface area (Å²) in [4.78, 5) is 0. The molecule has 2 rings (SSSR count). The quantitative estimate of drug-likeness (QED) is 0.671. The monoisotopic (exact) mass is 433 g/mol. The number of nitrogens with one attached hydrogen (secondary N) is 1. The van der Waals surface area contributed by atoms with E-state index < -0.39 is 16.1 Å². The minimum atomic E-state index is -3.57. The van der Waals surface area contributed by atoms with Gasteiger partial charge < -0.3 is 9.47 Å². The lowest BCUT2D eigenvalue weighted by molar-refractivity contribution is 0.287. The van der Waals surface area contributed by atoms with Gasteiger partial charge in [-0.15, -0.1) is 11.3 Å². The van der Waals surface area contributed by atoms with Crippen LogP contribution in [0.3, 0.4) is 0 Å². The molecule has 24 heavy (non-hydrogen) atoms. The zero-order valence-electron chi connectivity index (χ0n) is 13.7. The molecule has 5 nitrogen and oxygen atoms in total. The van der Waals surface area contributed by atoms with Gasteiger partial charge in [0.05, 0.1) is 17.0 Å². The number of hydrogen-bond acceptors (Lipinski definition) is 5. The van der Waals surface area contributed by atoms with E-state index in [-0.39, 0.29) is 4.21 Å². The maximum atomic E-state index is 12.4. The molecule has 0 fully saturated rings. The third-order valence-electron chi connectivity index (χ3n) is 3.21. The van der Waals surface area contributed by atoms with E-state index in [2.05, 4.69) is 20.7 Å². The molecule has 1 atom stereocenters. The number of sulfonamides is 1. The highest BCUT2D eigenvalue weighted by Crippen LogP contribution is 2.32. The standard InChI is InChI=1S/C16H20BrNO4S2/c1-4-21-13-7-6-12(10-14(13)22-5-2)11(3)18-24(19,20)16-9-8-15(17)23-16/h6-11,18H,4-5H2,1-3H3/t11-/m1/s1. The van der Waals surface area contributed by atoms with Gasteiger partial charge in [-0.05, 0) is 66.5 Å². The van der Waals surface area contributed by atoms with Crippen LogP contribution in [0.4, 0.5) is 0 Å². The molecule has 0 bridgehead atoms. The fourth-order valence-electron chi connectivity index (χ4n) is 2.14. The Morgan fingerprint density at radius 3 is 2.38 bits per heavy atom. The van der Waals surface area contributed by atoms with Crippen LogP contribution < -0.4 is 14.2 Å². The number of halogens is 1. The molecule has 0 aliphatic heterocycles. The predicted molar refractivity (Wildman–Crippen MR) is 99.5 cm³/mol. The van der Waals surface area contributed by atoms with Crippen LogP contribution in [0, 0.1) is 0 Å². The Hall–Kier alpha value is -1.09. The lowest BCUT2D eigenvalue weighted by Gasteiger charge is -2.17. The van der Waals surface area contributed by atoms with Crippen molar-refractivity contribution in [3.8, 4) is 11.5 Å². The fourth-order valence-corrected chi connectivity index (χ4v) is 5.40. The average Bonchev–Trinajstić information content (AvgIpc) is 2.96. The molecule has 0 spiro atoms. The molecule has 0 unspecified atom stereocenters. The second kappa shape index (κ2) is 8.33. The summed E-state index contributed by atoms with van der Waals surface area (Å²) in [6, 6.07) is 8.35. The molecule has 0 radical (unpaired) electrons. The van der Waals surface area contributed by atoms with Crippen molar-refractivity contribution >= 4 is 37.3 Å². The fraction of sp³-hybridized carbons (Fsp3) is 0.375. The van der Waals surface area contributed by atoms with Crippen molar-refractivity contribution in [1.82, 2.24) is 4.72 Å². The molecule has 1 aromatic carbocycles. The highest BCUT2D eigenvalue weighted by molar-refractivity contribution is 9.11. The van der Waals surface area contributed by atoms with E-state index in [1.165, 1.54) is 11.3 Å². The summed E-state index contributed by atoms with van der Waals surface area (Å²) in [5.74, 6) is 1.27. The summed E-state index contributed by atoms with van der Waals surface area (Å²) in [5.41, 5.74) is 0.807. The number of ether oxygens (including phenoxy) is 2. The second-order valence-electron chi connectivity index (χ2n) is 4.97. The first kappa shape index (κ1) is 19.2. The van der Waals surface area contributed by atoms with Gasteiger partial charge in [-0.3, -0.25) is 0 Å². The van der Waals surface area contributed by atoms with Crippen molar-refractivity contribution in [2.45, 2.75) is 31.0 Å². The molecule has 8 heteroatoms. The predicted octanol–water partition coefficient (Wildman–Crippen LogP) is 4.35. The largest absolute Gasteiger partial charge is 0.490 e. The molecule has 1 aromatic heterocycles. The van der Waals surface area contributed by atoms with E-state index in [0.29, 0.717) is 24.7 Å². The minimum absolute atomic E-state index is 0.275. The van der Waals surface area contributed by atoms with Gasteiger partial charge in [-0.25, -0.2) is 13.1 Å². The minimum Gasteiger partial charge on any atom is -0.490 e. The zero-order chi connectivity index (χ0) is 17.7. The van der Waals surface area contributed by atoms with Crippen LogP contribution in [0.5, 0.6) is 11.5 Å². The molecule has 0 saturated heterocycles. The van der Waals surface area contributed by atoms with Crippen LogP contribution in [0.1, 0.15) is 32.4 Å². The van der Waals surface area contributed by atoms with E-state index in [1.807, 2.05) is 26.0 Å². The first-order chi connectivity index (χ1) is 11.4. The third-order valence-corrected chi connectivity index (χ3v) is 6.87. The van der Waals surface area contributed by atoms with Gasteiger partial charge >= 0.3 is 0 Å². The average molecular weight is 434 g/mol. The second-order valence-corrected chi connectivity index (χ2v) is 9.38. The van der Waals surface area contributed by atoms with E-state index >= 15 is 0 Å². The summed E-state index contributed by atoms with van der Waals surface area (Å²) >= 11 is 4.45. The van der Waals surface area contributed by atoms with Crippen LogP contribution in [0.15, 0.2) is 38.3 Å². The number of hydrogen-bond donors (Lipinski definition) is 1. The van der Waals surface area contributed by atoms with Gasteiger partial charge in [0, 0.05) is 6.04 Å². The van der Waals surface area contributed by atoms with Gasteiger partial charge in [0.15, 0.2) is 11.5 Å². The van der Waals surface area contributed by atoms with Crippen molar-refractivity contribution in [2.75, 3.05) is 13.2 Å². The first-order valence-electron chi connectivity index (χ1n) is 7.54. The van der Waals surface area contributed by atoms with Crippen molar-refractivity contribution < 1.29 is 17.9 Å². The van der Waals surface area contributed by atoms with Crippen molar-refractivity contribution in [1.29, 1.82) is 0 Å². The molecule has 132 valence electrons. The third kappa shape index (κ3) is 4.72. The normalized spacial score (nSPS) is 12.8. The van der Waals surface area contributed by atoms with Crippen LogP contribution >= 0.6 is 27.3 Å². The Labute approximate surface area is 155 Å². The van der Waals surface area contributed by atoms with Crippen LogP contribution in [-0.2, 0) is 10.0 Å². The smallest absolute Gasteiger partial charge is 0.250 e. The Morgan fingerprint density at radius 1 is 1.12 bits per heavy atom. The molecule has 1 N–H and O–H groups in total. The van der Waals surface area contributed by atoms with Crippen LogP contribution in [-0.4, -0.2) is 21.6 Å². The van der Waals surface area contributed by atoms with E-state index in [9.17, 15) is 8.42 Å². The van der Waals surface area contributed by atoms with Gasteiger partial charge in [0.1, 0.15) is 4.21 Å². The Kier molecular flexibility index (Phi) is 6.68. The van der Waals surface area contributed by atoms with Gasteiger partial charge in [0.2, 0.25) is 0 Å². The maximum absolute atomic E-state index is 12.4. The molecular formula is C16H20BrNO4S2. The van der Waals surface area contributed by atoms with Gasteiger partial charge in [-0.2, -0.15) is 0 Å².